The van der Waals surface area contributed by atoms with Crippen LogP contribution in [0.1, 0.15) is 5.56 Å². The molecule has 0 saturated heterocycles. The van der Waals surface area contributed by atoms with Gasteiger partial charge in [-0.1, -0.05) is 54.6 Å². The van der Waals surface area contributed by atoms with Crippen LogP contribution in [-0.2, 0) is 11.3 Å². The fourth-order valence-corrected chi connectivity index (χ4v) is 3.87. The molecule has 0 aliphatic rings. The van der Waals surface area contributed by atoms with Gasteiger partial charge >= 0.3 is 5.16 Å². The SMILES string of the molecule is O=C(CSc1[nH]c2ccccc2[n+]1Cc1ccccc1)Nc1ccccc1F. The van der Waals surface area contributed by atoms with E-state index in [9.17, 15) is 9.18 Å². The normalized spacial score (nSPS) is 10.9. The smallest absolute Gasteiger partial charge is 0.317 e. The first-order valence-corrected chi connectivity index (χ1v) is 9.91. The van der Waals surface area contributed by atoms with Crippen molar-refractivity contribution < 1.29 is 13.8 Å². The van der Waals surface area contributed by atoms with Crippen molar-refractivity contribution in [3.8, 4) is 0 Å². The van der Waals surface area contributed by atoms with Crippen LogP contribution in [0.5, 0.6) is 0 Å². The number of amides is 1. The first-order valence-electron chi connectivity index (χ1n) is 8.92. The monoisotopic (exact) mass is 392 g/mol. The quantitative estimate of drug-likeness (QED) is 0.378. The van der Waals surface area contributed by atoms with Gasteiger partial charge in [0.2, 0.25) is 5.91 Å². The molecule has 0 atom stereocenters. The third-order valence-electron chi connectivity index (χ3n) is 4.35. The molecular weight excluding hydrogens is 373 g/mol. The van der Waals surface area contributed by atoms with Gasteiger partial charge in [-0.25, -0.2) is 13.9 Å². The van der Waals surface area contributed by atoms with Gasteiger partial charge in [-0.05, 0) is 41.6 Å². The summed E-state index contributed by atoms with van der Waals surface area (Å²) in [5, 5.41) is 3.51. The molecule has 1 amide bonds. The average molecular weight is 392 g/mol. The highest BCUT2D eigenvalue weighted by Crippen LogP contribution is 2.20. The maximum atomic E-state index is 13.7. The van der Waals surface area contributed by atoms with Gasteiger partial charge in [-0.3, -0.25) is 4.79 Å². The van der Waals surface area contributed by atoms with Gasteiger partial charge < -0.3 is 5.32 Å². The topological polar surface area (TPSA) is 48.8 Å². The fourth-order valence-electron chi connectivity index (χ4n) is 3.03. The van der Waals surface area contributed by atoms with Gasteiger partial charge in [0.1, 0.15) is 12.4 Å². The summed E-state index contributed by atoms with van der Waals surface area (Å²) in [5.74, 6) is -0.513. The first kappa shape index (κ1) is 18.3. The number of hydrogen-bond acceptors (Lipinski definition) is 2. The number of rotatable bonds is 6. The molecular formula is C22H19FN3OS+. The molecule has 0 aliphatic heterocycles. The molecule has 140 valence electrons. The van der Waals surface area contributed by atoms with Crippen LogP contribution in [0.3, 0.4) is 0 Å². The highest BCUT2D eigenvalue weighted by atomic mass is 32.2. The molecule has 0 bridgehead atoms. The van der Waals surface area contributed by atoms with Crippen molar-refractivity contribution in [1.82, 2.24) is 4.98 Å². The largest absolute Gasteiger partial charge is 0.323 e. The number of thioether (sulfide) groups is 1. The number of nitrogens with one attached hydrogen (secondary N) is 2. The average Bonchev–Trinajstić information content (AvgIpc) is 3.06. The number of carbonyl (C=O) groups is 1. The van der Waals surface area contributed by atoms with Crippen molar-refractivity contribution in [3.63, 3.8) is 0 Å². The van der Waals surface area contributed by atoms with Crippen LogP contribution in [0, 0.1) is 5.82 Å². The van der Waals surface area contributed by atoms with Gasteiger partial charge in [0.25, 0.3) is 0 Å². The number of carbonyl (C=O) groups excluding carboxylic acids is 1. The van der Waals surface area contributed by atoms with Crippen LogP contribution in [0.15, 0.2) is 84.0 Å². The Morgan fingerprint density at radius 3 is 2.50 bits per heavy atom. The molecule has 0 spiro atoms. The molecule has 6 heteroatoms. The molecule has 4 nitrogen and oxygen atoms in total. The Labute approximate surface area is 166 Å². The number of hydrogen-bond donors (Lipinski definition) is 2. The molecule has 0 fully saturated rings. The van der Waals surface area contributed by atoms with Gasteiger partial charge in [0.05, 0.1) is 11.4 Å². The minimum Gasteiger partial charge on any atom is -0.323 e. The Hall–Kier alpha value is -3.12. The summed E-state index contributed by atoms with van der Waals surface area (Å²) in [4.78, 5) is 15.7. The summed E-state index contributed by atoms with van der Waals surface area (Å²) < 4.78 is 15.9. The summed E-state index contributed by atoms with van der Waals surface area (Å²) in [6.07, 6.45) is 0. The van der Waals surface area contributed by atoms with Crippen LogP contribution in [0.2, 0.25) is 0 Å². The number of aromatic amines is 1. The highest BCUT2D eigenvalue weighted by molar-refractivity contribution is 7.99. The van der Waals surface area contributed by atoms with E-state index >= 15 is 0 Å². The molecule has 0 unspecified atom stereocenters. The van der Waals surface area contributed by atoms with Crippen molar-refractivity contribution in [1.29, 1.82) is 0 Å². The molecule has 0 saturated carbocycles. The minimum absolute atomic E-state index is 0.177. The lowest BCUT2D eigenvalue weighted by Gasteiger charge is -2.05. The summed E-state index contributed by atoms with van der Waals surface area (Å²) in [6.45, 7) is 0.697. The Kier molecular flexibility index (Phi) is 5.39. The van der Waals surface area contributed by atoms with Crippen LogP contribution in [0.4, 0.5) is 10.1 Å². The standard InChI is InChI=1S/C22H18FN3OS/c23-17-10-4-5-11-18(17)24-21(27)15-28-22-25-19-12-6-7-13-20(19)26(22)14-16-8-2-1-3-9-16/h1-13H,14-15H2,(H,24,27)/p+1. The second-order valence-corrected chi connectivity index (χ2v) is 7.30. The zero-order valence-electron chi connectivity index (χ0n) is 15.1. The number of anilines is 1. The minimum atomic E-state index is -0.439. The zero-order valence-corrected chi connectivity index (χ0v) is 15.9. The van der Waals surface area contributed by atoms with E-state index < -0.39 is 5.82 Å². The zero-order chi connectivity index (χ0) is 19.3. The summed E-state index contributed by atoms with van der Waals surface area (Å²) >= 11 is 1.40. The third kappa shape index (κ3) is 4.07. The maximum Gasteiger partial charge on any atom is 0.317 e. The number of halogens is 1. The van der Waals surface area contributed by atoms with Gasteiger partial charge in [0, 0.05) is 0 Å². The first-order chi connectivity index (χ1) is 13.7. The molecule has 0 radical (unpaired) electrons. The molecule has 1 aromatic heterocycles. The molecule has 28 heavy (non-hydrogen) atoms. The molecule has 4 rings (SSSR count). The number of para-hydroxylation sites is 3. The third-order valence-corrected chi connectivity index (χ3v) is 5.36. The van der Waals surface area contributed by atoms with Gasteiger partial charge in [-0.2, -0.15) is 0 Å². The predicted octanol–water partition coefficient (Wildman–Crippen LogP) is 4.37. The molecule has 1 heterocycles. The van der Waals surface area contributed by atoms with Gasteiger partial charge in [0.15, 0.2) is 11.0 Å². The van der Waals surface area contributed by atoms with Crippen molar-refractivity contribution in [2.45, 2.75) is 11.7 Å². The van der Waals surface area contributed by atoms with Crippen LogP contribution < -0.4 is 9.88 Å². The van der Waals surface area contributed by atoms with E-state index in [1.807, 2.05) is 36.4 Å². The molecule has 3 aromatic carbocycles. The maximum absolute atomic E-state index is 13.7. The van der Waals surface area contributed by atoms with E-state index in [0.29, 0.717) is 6.54 Å². The second kappa shape index (κ2) is 8.27. The van der Waals surface area contributed by atoms with Crippen molar-refractivity contribution in [2.75, 3.05) is 11.1 Å². The lowest BCUT2D eigenvalue weighted by Crippen LogP contribution is -2.35. The Morgan fingerprint density at radius 2 is 1.68 bits per heavy atom. The Bertz CT molecular complexity index is 1110. The van der Waals surface area contributed by atoms with Crippen LogP contribution >= 0.6 is 11.8 Å². The Morgan fingerprint density at radius 1 is 0.964 bits per heavy atom. The number of benzene rings is 3. The van der Waals surface area contributed by atoms with Gasteiger partial charge in [-0.15, -0.1) is 0 Å². The fraction of sp³-hybridized carbons (Fsp3) is 0.0909. The summed E-state index contributed by atoms with van der Waals surface area (Å²) in [7, 11) is 0. The lowest BCUT2D eigenvalue weighted by molar-refractivity contribution is -0.700. The number of H-pyrrole nitrogens is 1. The number of imidazole rings is 1. The molecule has 0 aliphatic carbocycles. The number of nitrogens with zero attached hydrogens (tertiary/aromatic N) is 1. The van der Waals surface area contributed by atoms with Crippen molar-refractivity contribution in [2.24, 2.45) is 0 Å². The van der Waals surface area contributed by atoms with E-state index in [0.717, 1.165) is 16.2 Å². The predicted molar refractivity (Wildman–Crippen MR) is 110 cm³/mol. The van der Waals surface area contributed by atoms with E-state index in [1.54, 1.807) is 18.2 Å². The lowest BCUT2D eigenvalue weighted by atomic mass is 10.2. The molecule has 2 N–H and O–H groups in total. The second-order valence-electron chi connectivity index (χ2n) is 6.34. The van der Waals surface area contributed by atoms with E-state index in [1.165, 1.54) is 23.4 Å². The summed E-state index contributed by atoms with van der Waals surface area (Å²) in [6, 6.07) is 24.4. The number of aromatic nitrogens is 2. The van der Waals surface area contributed by atoms with E-state index in [4.69, 9.17) is 0 Å². The van der Waals surface area contributed by atoms with Crippen molar-refractivity contribution >= 4 is 34.4 Å². The van der Waals surface area contributed by atoms with Crippen molar-refractivity contribution in [3.05, 3.63) is 90.2 Å². The molecule has 4 aromatic rings. The van der Waals surface area contributed by atoms with E-state index in [2.05, 4.69) is 33.1 Å². The van der Waals surface area contributed by atoms with E-state index in [-0.39, 0.29) is 17.3 Å². The Balaban J connectivity index is 1.54. The van der Waals surface area contributed by atoms with Crippen LogP contribution in [-0.4, -0.2) is 16.6 Å². The summed E-state index contributed by atoms with van der Waals surface area (Å²) in [5.41, 5.74) is 3.45. The number of fused-ring (bicyclic) bond motifs is 1. The highest BCUT2D eigenvalue weighted by Gasteiger charge is 2.20. The van der Waals surface area contributed by atoms with Crippen LogP contribution in [0.25, 0.3) is 11.0 Å².